The first-order valence-electron chi connectivity index (χ1n) is 7.97. The molecule has 10 heteroatoms. The van der Waals surface area contributed by atoms with E-state index in [1.165, 1.54) is 5.56 Å². The van der Waals surface area contributed by atoms with Gasteiger partial charge in [0, 0.05) is 43.4 Å². The van der Waals surface area contributed by atoms with Crippen molar-refractivity contribution in [3.8, 4) is 0 Å². The van der Waals surface area contributed by atoms with Crippen molar-refractivity contribution in [1.29, 1.82) is 0 Å². The molecule has 140 valence electrons. The Bertz CT molecular complexity index is 605. The predicted octanol–water partition coefficient (Wildman–Crippen LogP) is 2.66. The van der Waals surface area contributed by atoms with Crippen molar-refractivity contribution >= 4 is 37.9 Å². The Morgan fingerprint density at radius 1 is 1.12 bits per heavy atom. The zero-order valence-electron chi connectivity index (χ0n) is 13.9. The molecule has 1 saturated heterocycles. The van der Waals surface area contributed by atoms with Gasteiger partial charge in [0.15, 0.2) is 0 Å². The third-order valence-corrected chi connectivity index (χ3v) is 5.93. The van der Waals surface area contributed by atoms with Crippen LogP contribution in [-0.4, -0.2) is 31.0 Å². The molecule has 0 saturated carbocycles. The highest BCUT2D eigenvalue weighted by Crippen LogP contribution is 2.49. The first-order valence-corrected chi connectivity index (χ1v) is 9.86. The van der Waals surface area contributed by atoms with Crippen LogP contribution in [0.25, 0.3) is 0 Å². The molecule has 0 N–H and O–H groups in total. The van der Waals surface area contributed by atoms with Gasteiger partial charge in [-0.05, 0) is 23.6 Å². The van der Waals surface area contributed by atoms with E-state index in [4.69, 9.17) is 27.6 Å². The molecule has 1 aromatic rings. The van der Waals surface area contributed by atoms with E-state index < -0.39 is 30.2 Å². The summed E-state index contributed by atoms with van der Waals surface area (Å²) in [5, 5.41) is 0. The van der Waals surface area contributed by atoms with E-state index in [1.54, 1.807) is 0 Å². The lowest BCUT2D eigenvalue weighted by molar-refractivity contribution is -0.353. The molecule has 9 atom stereocenters. The standard InChI is InChI=1S/C15H24O6P4/c1-2-8-3-4-9-6-16-15(10(9)5-8)14(21-25)13(20-24)12(19-23)11(18-15)7-17-22/h3-5,11-14H,2,6-7,22-25H2,1H3/t11-,12-,13+,14-,15+/m1/s1. The average molecular weight is 424 g/mol. The summed E-state index contributed by atoms with van der Waals surface area (Å²) in [5.74, 6) is -1.07. The van der Waals surface area contributed by atoms with E-state index in [-0.39, 0.29) is 0 Å². The molecule has 0 radical (unpaired) electrons. The number of aryl methyl sites for hydroxylation is 1. The number of hydrogen-bond acceptors (Lipinski definition) is 6. The minimum atomic E-state index is -1.07. The van der Waals surface area contributed by atoms with Gasteiger partial charge in [-0.2, -0.15) is 0 Å². The summed E-state index contributed by atoms with van der Waals surface area (Å²) in [6.45, 7) is 2.88. The Hall–Kier alpha value is 0.700. The van der Waals surface area contributed by atoms with Crippen molar-refractivity contribution in [1.82, 2.24) is 0 Å². The zero-order valence-corrected chi connectivity index (χ0v) is 18.5. The SMILES string of the molecule is CCc1ccc2c(c1)[C@]1(OC2)O[C@H](COP)[C@@H](OP)[C@H](OP)[C@H]1OP. The van der Waals surface area contributed by atoms with Gasteiger partial charge in [0.25, 0.3) is 0 Å². The first kappa shape index (κ1) is 20.4. The minimum Gasteiger partial charge on any atom is -0.363 e. The molecule has 0 aromatic heterocycles. The largest absolute Gasteiger partial charge is 0.363 e. The molecular formula is C15H24O6P4. The van der Waals surface area contributed by atoms with Crippen LogP contribution in [0.1, 0.15) is 23.6 Å². The van der Waals surface area contributed by atoms with Gasteiger partial charge in [0.05, 0.1) is 13.2 Å². The zero-order chi connectivity index (χ0) is 18.0. The number of fused-ring (bicyclic) bond motifs is 2. The molecule has 6 nitrogen and oxygen atoms in total. The number of ether oxygens (including phenoxy) is 2. The number of benzene rings is 1. The summed E-state index contributed by atoms with van der Waals surface area (Å²) in [6.07, 6.45) is -0.839. The van der Waals surface area contributed by atoms with Gasteiger partial charge in [-0.1, -0.05) is 19.1 Å². The maximum absolute atomic E-state index is 6.41. The van der Waals surface area contributed by atoms with Crippen LogP contribution in [0, 0.1) is 0 Å². The predicted molar refractivity (Wildman–Crippen MR) is 107 cm³/mol. The van der Waals surface area contributed by atoms with Crippen LogP contribution in [0.4, 0.5) is 0 Å². The highest BCUT2D eigenvalue weighted by Gasteiger charge is 2.60. The van der Waals surface area contributed by atoms with Gasteiger partial charge in [-0.3, -0.25) is 0 Å². The fourth-order valence-corrected chi connectivity index (χ4v) is 4.70. The molecule has 1 aromatic carbocycles. The minimum absolute atomic E-state index is 0.311. The van der Waals surface area contributed by atoms with Gasteiger partial charge in [-0.15, -0.1) is 0 Å². The van der Waals surface area contributed by atoms with Gasteiger partial charge < -0.3 is 27.6 Å². The van der Waals surface area contributed by atoms with Crippen LogP contribution in [0.5, 0.6) is 0 Å². The third kappa shape index (κ3) is 3.57. The van der Waals surface area contributed by atoms with Crippen LogP contribution < -0.4 is 0 Å². The smallest absolute Gasteiger partial charge is 0.226 e. The summed E-state index contributed by atoms with van der Waals surface area (Å²) < 4.78 is 34.8. The number of rotatable bonds is 6. The van der Waals surface area contributed by atoms with Crippen LogP contribution >= 0.6 is 37.9 Å². The third-order valence-electron chi connectivity index (χ3n) is 4.81. The van der Waals surface area contributed by atoms with Crippen molar-refractivity contribution in [2.45, 2.75) is 50.2 Å². The van der Waals surface area contributed by atoms with Crippen LogP contribution in [0.15, 0.2) is 18.2 Å². The molecule has 2 aliphatic heterocycles. The second-order valence-electron chi connectivity index (χ2n) is 6.05. The Kier molecular flexibility index (Phi) is 7.20. The van der Waals surface area contributed by atoms with Crippen molar-refractivity contribution < 1.29 is 27.6 Å². The van der Waals surface area contributed by atoms with Crippen molar-refractivity contribution in [2.24, 2.45) is 0 Å². The second-order valence-corrected chi connectivity index (χ2v) is 7.20. The molecule has 2 aliphatic rings. The molecule has 3 rings (SSSR count). The second kappa shape index (κ2) is 8.80. The normalized spacial score (nSPS) is 34.4. The number of hydrogen-bond donors (Lipinski definition) is 0. The molecule has 0 bridgehead atoms. The van der Waals surface area contributed by atoms with Crippen molar-refractivity contribution in [2.75, 3.05) is 6.61 Å². The topological polar surface area (TPSA) is 55.4 Å². The fourth-order valence-electron chi connectivity index (χ4n) is 3.55. The summed E-state index contributed by atoms with van der Waals surface area (Å²) >= 11 is 0. The summed E-state index contributed by atoms with van der Waals surface area (Å²) in [6, 6.07) is 6.32. The molecule has 0 amide bonds. The van der Waals surface area contributed by atoms with Crippen molar-refractivity contribution in [3.63, 3.8) is 0 Å². The molecule has 1 fully saturated rings. The Morgan fingerprint density at radius 2 is 1.88 bits per heavy atom. The monoisotopic (exact) mass is 424 g/mol. The maximum Gasteiger partial charge on any atom is 0.226 e. The quantitative estimate of drug-likeness (QED) is 0.655. The Morgan fingerprint density at radius 3 is 2.48 bits per heavy atom. The van der Waals surface area contributed by atoms with Crippen LogP contribution in [0.2, 0.25) is 0 Å². The fraction of sp³-hybridized carbons (Fsp3) is 0.600. The van der Waals surface area contributed by atoms with Crippen LogP contribution in [0.3, 0.4) is 0 Å². The first-order chi connectivity index (χ1) is 12.1. The van der Waals surface area contributed by atoms with Crippen molar-refractivity contribution in [3.05, 3.63) is 34.9 Å². The Labute approximate surface area is 157 Å². The van der Waals surface area contributed by atoms with E-state index in [2.05, 4.69) is 63.0 Å². The molecular weight excluding hydrogens is 400 g/mol. The van der Waals surface area contributed by atoms with Gasteiger partial charge in [0.1, 0.15) is 24.4 Å². The molecule has 0 aliphatic carbocycles. The molecule has 4 unspecified atom stereocenters. The lowest BCUT2D eigenvalue weighted by atomic mass is 9.87. The van der Waals surface area contributed by atoms with E-state index in [0.29, 0.717) is 13.2 Å². The van der Waals surface area contributed by atoms with E-state index in [0.717, 1.165) is 17.5 Å². The molecule has 25 heavy (non-hydrogen) atoms. The highest BCUT2D eigenvalue weighted by atomic mass is 31.0. The van der Waals surface area contributed by atoms with Gasteiger partial charge >= 0.3 is 0 Å². The molecule has 2 heterocycles. The van der Waals surface area contributed by atoms with Gasteiger partial charge in [-0.25, -0.2) is 0 Å². The molecule has 1 spiro atoms. The summed E-state index contributed by atoms with van der Waals surface area (Å²) in [5.41, 5.74) is 3.27. The average Bonchev–Trinajstić information content (AvgIpc) is 2.99. The van der Waals surface area contributed by atoms with Gasteiger partial charge in [0.2, 0.25) is 5.79 Å². The van der Waals surface area contributed by atoms with E-state index >= 15 is 0 Å². The Balaban J connectivity index is 2.08. The maximum atomic E-state index is 6.41. The van der Waals surface area contributed by atoms with Crippen LogP contribution in [-0.2, 0) is 46.4 Å². The highest BCUT2D eigenvalue weighted by molar-refractivity contribution is 7.10. The lowest BCUT2D eigenvalue weighted by Crippen LogP contribution is -2.64. The summed E-state index contributed by atoms with van der Waals surface area (Å²) in [7, 11) is 9.10. The summed E-state index contributed by atoms with van der Waals surface area (Å²) in [4.78, 5) is 0. The van der Waals surface area contributed by atoms with E-state index in [1.807, 2.05) is 0 Å². The van der Waals surface area contributed by atoms with E-state index in [9.17, 15) is 0 Å². The lowest BCUT2D eigenvalue weighted by Gasteiger charge is -2.49.